The maximum Gasteiger partial charge on any atom is 0.490 e. The number of pyridine rings is 1. The van der Waals surface area contributed by atoms with Crippen LogP contribution in [0.5, 0.6) is 5.75 Å². The van der Waals surface area contributed by atoms with E-state index >= 15 is 0 Å². The molecule has 202 valence electrons. The molecule has 1 aromatic carbocycles. The van der Waals surface area contributed by atoms with Crippen LogP contribution < -0.4 is 15.4 Å². The number of benzene rings is 1. The molecule has 3 aromatic rings. The number of hydrogen-bond acceptors (Lipinski definition) is 7. The molecule has 1 amide bonds. The van der Waals surface area contributed by atoms with Crippen molar-refractivity contribution in [2.75, 3.05) is 19.7 Å². The van der Waals surface area contributed by atoms with Crippen LogP contribution in [0.2, 0.25) is 0 Å². The van der Waals surface area contributed by atoms with Gasteiger partial charge in [-0.15, -0.1) is 0 Å². The van der Waals surface area contributed by atoms with Crippen LogP contribution in [0, 0.1) is 0 Å². The van der Waals surface area contributed by atoms with Gasteiger partial charge in [-0.25, -0.2) is 4.79 Å². The number of ether oxygens (including phenoxy) is 1. The van der Waals surface area contributed by atoms with Gasteiger partial charge in [0.2, 0.25) is 0 Å². The third kappa shape index (κ3) is 7.94. The van der Waals surface area contributed by atoms with Crippen molar-refractivity contribution in [3.63, 3.8) is 0 Å². The Morgan fingerprint density at radius 1 is 1.16 bits per heavy atom. The number of aliphatic imine (C=N–C) groups is 1. The van der Waals surface area contributed by atoms with Crippen LogP contribution in [-0.4, -0.2) is 69.9 Å². The molecule has 38 heavy (non-hydrogen) atoms. The highest BCUT2D eigenvalue weighted by Gasteiger charge is 2.38. The van der Waals surface area contributed by atoms with E-state index in [0.29, 0.717) is 19.1 Å². The zero-order chi connectivity index (χ0) is 27.7. The minimum Gasteiger partial charge on any atom is -0.493 e. The number of aromatic amines is 1. The molecule has 5 N–H and O–H groups in total. The number of carbonyl (C=O) groups is 3. The molecule has 4 rings (SSSR count). The Morgan fingerprint density at radius 2 is 1.87 bits per heavy atom. The molecule has 3 heterocycles. The topological polar surface area (TPSA) is 166 Å². The first-order chi connectivity index (χ1) is 18.0. The summed E-state index contributed by atoms with van der Waals surface area (Å²) >= 11 is 0. The lowest BCUT2D eigenvalue weighted by atomic mass is 9.89. The zero-order valence-corrected chi connectivity index (χ0v) is 19.8. The third-order valence-corrected chi connectivity index (χ3v) is 5.32. The molecule has 1 atom stereocenters. The second kappa shape index (κ2) is 12.6. The van der Waals surface area contributed by atoms with Crippen molar-refractivity contribution in [1.82, 2.24) is 20.6 Å². The molecule has 2 aromatic heterocycles. The molecule has 14 heteroatoms. The molecule has 0 fully saturated rings. The second-order valence-electron chi connectivity index (χ2n) is 8.02. The molecule has 0 bridgehead atoms. The lowest BCUT2D eigenvalue weighted by Gasteiger charge is -2.15. The predicted octanol–water partition coefficient (Wildman–Crippen LogP) is 2.65. The monoisotopic (exact) mass is 535 g/mol. The van der Waals surface area contributed by atoms with Crippen molar-refractivity contribution < 1.29 is 42.5 Å². The Morgan fingerprint density at radius 3 is 2.47 bits per heavy atom. The summed E-state index contributed by atoms with van der Waals surface area (Å²) in [5.74, 6) is -2.82. The van der Waals surface area contributed by atoms with Crippen LogP contribution in [-0.2, 0) is 14.4 Å². The Hall–Kier alpha value is -4.62. The van der Waals surface area contributed by atoms with Gasteiger partial charge in [0.25, 0.3) is 5.91 Å². The number of nitrogens with zero attached hydrogens (tertiary/aromatic N) is 2. The summed E-state index contributed by atoms with van der Waals surface area (Å²) in [4.78, 5) is 42.5. The smallest absolute Gasteiger partial charge is 0.490 e. The summed E-state index contributed by atoms with van der Waals surface area (Å²) < 4.78 is 37.6. The summed E-state index contributed by atoms with van der Waals surface area (Å²) in [5.41, 5.74) is 2.73. The number of halogens is 3. The van der Waals surface area contributed by atoms with E-state index in [1.54, 1.807) is 12.4 Å². The predicted molar refractivity (Wildman–Crippen MR) is 129 cm³/mol. The highest BCUT2D eigenvalue weighted by Crippen LogP contribution is 2.34. The Balaban J connectivity index is 0.000000505. The van der Waals surface area contributed by atoms with Crippen molar-refractivity contribution in [3.8, 4) is 5.75 Å². The third-order valence-electron chi connectivity index (χ3n) is 5.32. The van der Waals surface area contributed by atoms with Gasteiger partial charge in [0.05, 0.1) is 19.6 Å². The van der Waals surface area contributed by atoms with Gasteiger partial charge in [0.15, 0.2) is 5.96 Å². The minimum atomic E-state index is -5.08. The van der Waals surface area contributed by atoms with Gasteiger partial charge in [-0.05, 0) is 41.8 Å². The number of hydrogen-bond donors (Lipinski definition) is 5. The van der Waals surface area contributed by atoms with E-state index in [9.17, 15) is 27.9 Å². The normalized spacial score (nSPS) is 13.7. The van der Waals surface area contributed by atoms with Crippen molar-refractivity contribution in [3.05, 3.63) is 60.0 Å². The maximum absolute atomic E-state index is 11.5. The van der Waals surface area contributed by atoms with E-state index in [1.807, 2.05) is 36.5 Å². The average molecular weight is 535 g/mol. The number of H-pyrrole nitrogens is 1. The number of carboxylic acids is 2. The first-order valence-electron chi connectivity index (χ1n) is 11.3. The van der Waals surface area contributed by atoms with Gasteiger partial charge < -0.3 is 30.6 Å². The van der Waals surface area contributed by atoms with Crippen LogP contribution in [0.4, 0.5) is 13.2 Å². The largest absolute Gasteiger partial charge is 0.493 e. The van der Waals surface area contributed by atoms with E-state index in [1.165, 1.54) is 0 Å². The van der Waals surface area contributed by atoms with Crippen LogP contribution >= 0.6 is 0 Å². The van der Waals surface area contributed by atoms with Gasteiger partial charge in [-0.3, -0.25) is 14.6 Å². The fourth-order valence-electron chi connectivity index (χ4n) is 3.62. The fourth-order valence-corrected chi connectivity index (χ4v) is 3.62. The lowest BCUT2D eigenvalue weighted by Crippen LogP contribution is -2.34. The Bertz CT molecular complexity index is 1310. The lowest BCUT2D eigenvalue weighted by molar-refractivity contribution is -0.192. The van der Waals surface area contributed by atoms with E-state index in [-0.39, 0.29) is 24.8 Å². The molecular formula is C24H24F3N5O6. The van der Waals surface area contributed by atoms with E-state index in [4.69, 9.17) is 14.6 Å². The van der Waals surface area contributed by atoms with E-state index in [2.05, 4.69) is 25.6 Å². The summed E-state index contributed by atoms with van der Waals surface area (Å²) in [6.45, 7) is 1.38. The maximum atomic E-state index is 11.5. The molecule has 0 aliphatic carbocycles. The number of guanidine groups is 1. The Labute approximate surface area is 213 Å². The van der Waals surface area contributed by atoms with Gasteiger partial charge in [-0.1, -0.05) is 0 Å². The average Bonchev–Trinajstić information content (AvgIpc) is 3.48. The molecule has 1 aliphatic heterocycles. The number of aliphatic carboxylic acids is 2. The van der Waals surface area contributed by atoms with Crippen molar-refractivity contribution >= 4 is 34.7 Å². The minimum absolute atomic E-state index is 0.00599. The van der Waals surface area contributed by atoms with Gasteiger partial charge in [-0.2, -0.15) is 18.2 Å². The molecule has 11 nitrogen and oxygen atoms in total. The Kier molecular flexibility index (Phi) is 9.24. The number of aromatic nitrogens is 2. The number of nitrogens with one attached hydrogen (secondary N) is 3. The fraction of sp³-hybridized carbons (Fsp3) is 0.292. The molecule has 0 saturated carbocycles. The SMILES string of the molecule is O=C(O)C(F)(F)F.O=C(O)CC(c1ccncc1)c1c[nH]c2cc(OCCCNC3=NC(=O)CN3)ccc12. The summed E-state index contributed by atoms with van der Waals surface area (Å²) in [7, 11) is 0. The standard InChI is InChI=1S/C22H23N5O4.C2HF3O2/c28-20-13-26-22(27-20)24-6-1-9-31-15-2-3-16-18(12-25-19(16)10-15)17(11-21(29)30)14-4-7-23-8-5-14;3-2(4,5)1(6)7/h2-5,7-8,10,12,17,25H,1,6,9,11,13H2,(H,29,30)(H2,24,26,27,28);(H,6,7). The second-order valence-corrected chi connectivity index (χ2v) is 8.02. The zero-order valence-electron chi connectivity index (χ0n) is 19.8. The van der Waals surface area contributed by atoms with Crippen LogP contribution in [0.3, 0.4) is 0 Å². The van der Waals surface area contributed by atoms with Crippen LogP contribution in [0.1, 0.15) is 29.9 Å². The van der Waals surface area contributed by atoms with Crippen molar-refractivity contribution in [1.29, 1.82) is 0 Å². The number of fused-ring (bicyclic) bond motifs is 1. The number of carboxylic acid groups (broad SMARTS) is 2. The molecule has 1 unspecified atom stereocenters. The molecule has 0 saturated heterocycles. The summed E-state index contributed by atoms with van der Waals surface area (Å²) in [6.07, 6.45) is 0.864. The van der Waals surface area contributed by atoms with Gasteiger partial charge >= 0.3 is 18.1 Å². The molecule has 0 spiro atoms. The quantitative estimate of drug-likeness (QED) is 0.259. The molecule has 0 radical (unpaired) electrons. The van der Waals surface area contributed by atoms with E-state index in [0.717, 1.165) is 34.2 Å². The van der Waals surface area contributed by atoms with Gasteiger partial charge in [0.1, 0.15) is 5.75 Å². The van der Waals surface area contributed by atoms with Crippen LogP contribution in [0.15, 0.2) is 53.9 Å². The first-order valence-corrected chi connectivity index (χ1v) is 11.3. The highest BCUT2D eigenvalue weighted by molar-refractivity contribution is 6.00. The summed E-state index contributed by atoms with van der Waals surface area (Å²) in [6, 6.07) is 9.45. The van der Waals surface area contributed by atoms with Crippen LogP contribution in [0.25, 0.3) is 10.9 Å². The molecule has 1 aliphatic rings. The highest BCUT2D eigenvalue weighted by atomic mass is 19.4. The van der Waals surface area contributed by atoms with Gasteiger partial charge in [0, 0.05) is 48.0 Å². The molecular weight excluding hydrogens is 511 g/mol. The number of rotatable bonds is 9. The van der Waals surface area contributed by atoms with E-state index < -0.39 is 18.1 Å². The first kappa shape index (κ1) is 28.0. The summed E-state index contributed by atoms with van der Waals surface area (Å²) in [5, 5.41) is 23.4. The van der Waals surface area contributed by atoms with Crippen molar-refractivity contribution in [2.24, 2.45) is 4.99 Å². The van der Waals surface area contributed by atoms with Crippen molar-refractivity contribution in [2.45, 2.75) is 24.9 Å². The number of alkyl halides is 3. The number of carbonyl (C=O) groups excluding carboxylic acids is 1. The number of amides is 1.